The lowest BCUT2D eigenvalue weighted by atomic mass is 10.1. The quantitative estimate of drug-likeness (QED) is 0.904. The summed E-state index contributed by atoms with van der Waals surface area (Å²) in [7, 11) is 0. The molecule has 0 radical (unpaired) electrons. The van der Waals surface area contributed by atoms with Crippen LogP contribution in [0.3, 0.4) is 0 Å². The first-order valence-electron chi connectivity index (χ1n) is 5.97. The Kier molecular flexibility index (Phi) is 5.95. The smallest absolute Gasteiger partial charge is 0.260 e. The Bertz CT molecular complexity index is 373. The lowest BCUT2D eigenvalue weighted by molar-refractivity contribution is -0.134. The van der Waals surface area contributed by atoms with Crippen molar-refractivity contribution in [3.63, 3.8) is 0 Å². The molecule has 2 rings (SSSR count). The number of hydrogen-bond acceptors (Lipinski definition) is 3. The van der Waals surface area contributed by atoms with Gasteiger partial charge in [0.25, 0.3) is 5.91 Å². The van der Waals surface area contributed by atoms with Crippen molar-refractivity contribution in [2.45, 2.75) is 18.9 Å². The van der Waals surface area contributed by atoms with Gasteiger partial charge < -0.3 is 15.4 Å². The Morgan fingerprint density at radius 1 is 1.39 bits per heavy atom. The number of halogens is 1. The molecule has 1 unspecified atom stereocenters. The summed E-state index contributed by atoms with van der Waals surface area (Å²) in [5.74, 6) is 0.742. The zero-order valence-electron chi connectivity index (χ0n) is 10.2. The lowest BCUT2D eigenvalue weighted by Crippen LogP contribution is -2.47. The van der Waals surface area contributed by atoms with Crippen LogP contribution in [0.1, 0.15) is 12.8 Å². The second-order valence-corrected chi connectivity index (χ2v) is 4.34. The molecular formula is C13H19ClN2O2. The molecule has 18 heavy (non-hydrogen) atoms. The number of carbonyl (C=O) groups is 1. The van der Waals surface area contributed by atoms with Gasteiger partial charge >= 0.3 is 0 Å². The number of likely N-dealkylation sites (tertiary alicyclic amines) is 1. The zero-order chi connectivity index (χ0) is 12.1. The van der Waals surface area contributed by atoms with E-state index in [2.05, 4.69) is 0 Å². The number of benzene rings is 1. The summed E-state index contributed by atoms with van der Waals surface area (Å²) in [6.07, 6.45) is 1.99. The second kappa shape index (κ2) is 7.24. The van der Waals surface area contributed by atoms with Crippen LogP contribution in [0.25, 0.3) is 0 Å². The standard InChI is InChI=1S/C13H18N2O2.ClH/c14-11-5-4-8-15(9-11)13(16)10-17-12-6-2-1-3-7-12;/h1-3,6-7,11H,4-5,8-10,14H2;1H. The van der Waals surface area contributed by atoms with Crippen LogP contribution in [-0.4, -0.2) is 36.5 Å². The van der Waals surface area contributed by atoms with Gasteiger partial charge in [0, 0.05) is 19.1 Å². The van der Waals surface area contributed by atoms with Crippen LogP contribution in [0.2, 0.25) is 0 Å². The molecule has 1 fully saturated rings. The predicted molar refractivity (Wildman–Crippen MR) is 73.0 cm³/mol. The fourth-order valence-electron chi connectivity index (χ4n) is 1.99. The van der Waals surface area contributed by atoms with Crippen LogP contribution in [0, 0.1) is 0 Å². The summed E-state index contributed by atoms with van der Waals surface area (Å²) in [5.41, 5.74) is 5.84. The molecule has 100 valence electrons. The van der Waals surface area contributed by atoms with Crippen LogP contribution in [0.4, 0.5) is 0 Å². The lowest BCUT2D eigenvalue weighted by Gasteiger charge is -2.30. The Balaban J connectivity index is 0.00000162. The van der Waals surface area contributed by atoms with Crippen molar-refractivity contribution in [2.75, 3.05) is 19.7 Å². The van der Waals surface area contributed by atoms with E-state index in [1.54, 1.807) is 4.90 Å². The minimum absolute atomic E-state index is 0. The van der Waals surface area contributed by atoms with Crippen molar-refractivity contribution >= 4 is 18.3 Å². The number of ether oxygens (including phenoxy) is 1. The first-order chi connectivity index (χ1) is 8.25. The van der Waals surface area contributed by atoms with Gasteiger partial charge in [-0.25, -0.2) is 0 Å². The van der Waals surface area contributed by atoms with Crippen molar-refractivity contribution < 1.29 is 9.53 Å². The molecule has 1 aliphatic rings. The number of para-hydroxylation sites is 1. The average Bonchev–Trinajstić information content (AvgIpc) is 2.37. The number of nitrogens with zero attached hydrogens (tertiary/aromatic N) is 1. The number of rotatable bonds is 3. The van der Waals surface area contributed by atoms with E-state index in [9.17, 15) is 4.79 Å². The van der Waals surface area contributed by atoms with Gasteiger partial charge in [-0.1, -0.05) is 18.2 Å². The van der Waals surface area contributed by atoms with Crippen molar-refractivity contribution in [2.24, 2.45) is 5.73 Å². The Labute approximate surface area is 114 Å². The summed E-state index contributed by atoms with van der Waals surface area (Å²) in [4.78, 5) is 13.7. The molecular weight excluding hydrogens is 252 g/mol. The van der Waals surface area contributed by atoms with E-state index in [0.717, 1.165) is 25.1 Å². The van der Waals surface area contributed by atoms with Crippen LogP contribution in [0.5, 0.6) is 5.75 Å². The molecule has 0 spiro atoms. The van der Waals surface area contributed by atoms with Crippen LogP contribution >= 0.6 is 12.4 Å². The third kappa shape index (κ3) is 4.20. The van der Waals surface area contributed by atoms with Gasteiger partial charge in [-0.2, -0.15) is 0 Å². The molecule has 1 aromatic rings. The third-order valence-corrected chi connectivity index (χ3v) is 2.92. The molecule has 0 aromatic heterocycles. The number of nitrogens with two attached hydrogens (primary N) is 1. The monoisotopic (exact) mass is 270 g/mol. The van der Waals surface area contributed by atoms with E-state index in [4.69, 9.17) is 10.5 Å². The summed E-state index contributed by atoms with van der Waals surface area (Å²) in [5, 5.41) is 0. The van der Waals surface area contributed by atoms with E-state index in [0.29, 0.717) is 6.54 Å². The minimum Gasteiger partial charge on any atom is -0.484 e. The SMILES string of the molecule is Cl.NC1CCCN(C(=O)COc2ccccc2)C1. The van der Waals surface area contributed by atoms with Gasteiger partial charge in [-0.15, -0.1) is 12.4 Å². The molecule has 0 bridgehead atoms. The van der Waals surface area contributed by atoms with Crippen molar-refractivity contribution in [3.05, 3.63) is 30.3 Å². The van der Waals surface area contributed by atoms with E-state index in [1.807, 2.05) is 30.3 Å². The fourth-order valence-corrected chi connectivity index (χ4v) is 1.99. The highest BCUT2D eigenvalue weighted by Gasteiger charge is 2.21. The predicted octanol–water partition coefficient (Wildman–Crippen LogP) is 1.44. The number of hydrogen-bond donors (Lipinski definition) is 1. The molecule has 1 atom stereocenters. The third-order valence-electron chi connectivity index (χ3n) is 2.92. The molecule has 0 saturated carbocycles. The summed E-state index contributed by atoms with van der Waals surface area (Å²) >= 11 is 0. The van der Waals surface area contributed by atoms with E-state index < -0.39 is 0 Å². The maximum absolute atomic E-state index is 11.9. The first kappa shape index (κ1) is 14.8. The molecule has 2 N–H and O–H groups in total. The van der Waals surface area contributed by atoms with Gasteiger partial charge in [-0.3, -0.25) is 4.79 Å². The van der Waals surface area contributed by atoms with Crippen LogP contribution < -0.4 is 10.5 Å². The van der Waals surface area contributed by atoms with Crippen molar-refractivity contribution in [1.29, 1.82) is 0 Å². The molecule has 1 amide bonds. The number of piperidine rings is 1. The Hall–Kier alpha value is -1.26. The highest BCUT2D eigenvalue weighted by Crippen LogP contribution is 2.11. The van der Waals surface area contributed by atoms with E-state index >= 15 is 0 Å². The molecule has 1 aromatic carbocycles. The second-order valence-electron chi connectivity index (χ2n) is 4.34. The fraction of sp³-hybridized carbons (Fsp3) is 0.462. The van der Waals surface area contributed by atoms with E-state index in [1.165, 1.54) is 0 Å². The summed E-state index contributed by atoms with van der Waals surface area (Å²) in [6, 6.07) is 9.49. The van der Waals surface area contributed by atoms with Crippen molar-refractivity contribution in [3.8, 4) is 5.75 Å². The highest BCUT2D eigenvalue weighted by atomic mass is 35.5. The molecule has 1 saturated heterocycles. The molecule has 1 aliphatic heterocycles. The van der Waals surface area contributed by atoms with Crippen LogP contribution in [-0.2, 0) is 4.79 Å². The Morgan fingerprint density at radius 2 is 2.11 bits per heavy atom. The highest BCUT2D eigenvalue weighted by molar-refractivity contribution is 5.85. The van der Waals surface area contributed by atoms with Crippen molar-refractivity contribution in [1.82, 2.24) is 4.90 Å². The van der Waals surface area contributed by atoms with Gasteiger partial charge in [0.2, 0.25) is 0 Å². The van der Waals surface area contributed by atoms with E-state index in [-0.39, 0.29) is 31.0 Å². The summed E-state index contributed by atoms with van der Waals surface area (Å²) < 4.78 is 5.42. The van der Waals surface area contributed by atoms with Gasteiger partial charge in [0.05, 0.1) is 0 Å². The number of carbonyl (C=O) groups excluding carboxylic acids is 1. The molecule has 5 heteroatoms. The maximum atomic E-state index is 11.9. The number of amides is 1. The molecule has 4 nitrogen and oxygen atoms in total. The first-order valence-corrected chi connectivity index (χ1v) is 5.97. The Morgan fingerprint density at radius 3 is 2.78 bits per heavy atom. The topological polar surface area (TPSA) is 55.6 Å². The minimum atomic E-state index is 0. The molecule has 0 aliphatic carbocycles. The summed E-state index contributed by atoms with van der Waals surface area (Å²) in [6.45, 7) is 1.54. The normalized spacial score (nSPS) is 18.9. The average molecular weight is 271 g/mol. The zero-order valence-corrected chi connectivity index (χ0v) is 11.1. The molecule has 1 heterocycles. The largest absolute Gasteiger partial charge is 0.484 e. The van der Waals surface area contributed by atoms with Gasteiger partial charge in [0.1, 0.15) is 5.75 Å². The maximum Gasteiger partial charge on any atom is 0.260 e. The van der Waals surface area contributed by atoms with Gasteiger partial charge in [0.15, 0.2) is 6.61 Å². The van der Waals surface area contributed by atoms with Crippen LogP contribution in [0.15, 0.2) is 30.3 Å². The van der Waals surface area contributed by atoms with Gasteiger partial charge in [-0.05, 0) is 25.0 Å².